The van der Waals surface area contributed by atoms with E-state index in [0.717, 1.165) is 6.41 Å². The summed E-state index contributed by atoms with van der Waals surface area (Å²) in [7, 11) is 0. The van der Waals surface area contributed by atoms with Crippen molar-refractivity contribution in [2.45, 2.75) is 24.9 Å². The van der Waals surface area contributed by atoms with Crippen LogP contribution in [0.1, 0.15) is 18.4 Å². The van der Waals surface area contributed by atoms with Gasteiger partial charge in [0, 0.05) is 19.5 Å². The number of carbonyl (C=O) groups is 1. The molecular formula is C13H16FNO2. The lowest BCUT2D eigenvalue weighted by molar-refractivity contribution is -0.122. The van der Waals surface area contributed by atoms with Gasteiger partial charge in [-0.25, -0.2) is 4.39 Å². The second-order valence-electron chi connectivity index (χ2n) is 4.63. The van der Waals surface area contributed by atoms with Crippen LogP contribution in [0, 0.1) is 5.82 Å². The lowest BCUT2D eigenvalue weighted by atomic mass is 9.85. The molecule has 92 valence electrons. The minimum Gasteiger partial charge on any atom is -0.389 e. The molecule has 1 aromatic carbocycles. The summed E-state index contributed by atoms with van der Waals surface area (Å²) >= 11 is 0. The summed E-state index contributed by atoms with van der Waals surface area (Å²) in [6.45, 7) is 1.07. The van der Waals surface area contributed by atoms with Crippen LogP contribution in [0.2, 0.25) is 0 Å². The van der Waals surface area contributed by atoms with Crippen molar-refractivity contribution in [1.82, 2.24) is 4.90 Å². The van der Waals surface area contributed by atoms with Crippen molar-refractivity contribution in [3.8, 4) is 0 Å². The van der Waals surface area contributed by atoms with Gasteiger partial charge in [0.15, 0.2) is 0 Å². The molecule has 0 spiro atoms. The maximum Gasteiger partial charge on any atom is 0.209 e. The molecule has 0 aliphatic carbocycles. The Morgan fingerprint density at radius 1 is 1.35 bits per heavy atom. The van der Waals surface area contributed by atoms with Gasteiger partial charge in [0.05, 0.1) is 5.60 Å². The lowest BCUT2D eigenvalue weighted by Crippen LogP contribution is -2.45. The van der Waals surface area contributed by atoms with Gasteiger partial charge in [-0.05, 0) is 24.5 Å². The fraction of sp³-hybridized carbons (Fsp3) is 0.462. The van der Waals surface area contributed by atoms with E-state index >= 15 is 0 Å². The van der Waals surface area contributed by atoms with E-state index in [1.54, 1.807) is 23.1 Å². The highest BCUT2D eigenvalue weighted by molar-refractivity contribution is 5.47. The van der Waals surface area contributed by atoms with Gasteiger partial charge in [0.25, 0.3) is 0 Å². The maximum absolute atomic E-state index is 13.5. The number of likely N-dealkylation sites (tertiary alicyclic amines) is 1. The third-order valence-electron chi connectivity index (χ3n) is 3.36. The van der Waals surface area contributed by atoms with Crippen LogP contribution in [0.15, 0.2) is 24.3 Å². The van der Waals surface area contributed by atoms with E-state index in [2.05, 4.69) is 0 Å². The van der Waals surface area contributed by atoms with Crippen LogP contribution in [0.25, 0.3) is 0 Å². The Kier molecular flexibility index (Phi) is 3.43. The van der Waals surface area contributed by atoms with Gasteiger partial charge in [-0.2, -0.15) is 0 Å². The van der Waals surface area contributed by atoms with Crippen molar-refractivity contribution < 1.29 is 14.3 Å². The summed E-state index contributed by atoms with van der Waals surface area (Å²) in [6.07, 6.45) is 2.11. The highest BCUT2D eigenvalue weighted by atomic mass is 19.1. The zero-order valence-corrected chi connectivity index (χ0v) is 9.60. The van der Waals surface area contributed by atoms with Gasteiger partial charge in [0.2, 0.25) is 6.41 Å². The first-order chi connectivity index (χ1) is 8.13. The first-order valence-corrected chi connectivity index (χ1v) is 5.78. The van der Waals surface area contributed by atoms with E-state index in [-0.39, 0.29) is 5.82 Å². The Hall–Kier alpha value is -1.42. The Labute approximate surface area is 99.9 Å². The first kappa shape index (κ1) is 12.0. The highest BCUT2D eigenvalue weighted by Gasteiger charge is 2.32. The van der Waals surface area contributed by atoms with Gasteiger partial charge in [-0.1, -0.05) is 18.2 Å². The standard InChI is InChI=1S/C13H16FNO2/c14-12-4-2-1-3-11(12)9-13(17)5-7-15(10-16)8-6-13/h1-4,10,17H,5-9H2. The molecule has 0 bridgehead atoms. The van der Waals surface area contributed by atoms with E-state index in [4.69, 9.17) is 0 Å². The number of nitrogens with zero attached hydrogens (tertiary/aromatic N) is 1. The number of rotatable bonds is 3. The lowest BCUT2D eigenvalue weighted by Gasteiger charge is -2.36. The molecule has 1 aliphatic heterocycles. The third-order valence-corrected chi connectivity index (χ3v) is 3.36. The maximum atomic E-state index is 13.5. The topological polar surface area (TPSA) is 40.5 Å². The van der Waals surface area contributed by atoms with Crippen LogP contribution in [-0.2, 0) is 11.2 Å². The van der Waals surface area contributed by atoms with Crippen molar-refractivity contribution in [2.75, 3.05) is 13.1 Å². The van der Waals surface area contributed by atoms with Crippen LogP contribution in [-0.4, -0.2) is 35.1 Å². The first-order valence-electron chi connectivity index (χ1n) is 5.78. The summed E-state index contributed by atoms with van der Waals surface area (Å²) in [5.74, 6) is -0.279. The Morgan fingerprint density at radius 2 is 2.00 bits per heavy atom. The predicted molar refractivity (Wildman–Crippen MR) is 61.9 cm³/mol. The number of carbonyl (C=O) groups excluding carboxylic acids is 1. The smallest absolute Gasteiger partial charge is 0.209 e. The molecular weight excluding hydrogens is 221 g/mol. The van der Waals surface area contributed by atoms with Gasteiger partial charge >= 0.3 is 0 Å². The van der Waals surface area contributed by atoms with Crippen molar-refractivity contribution in [2.24, 2.45) is 0 Å². The van der Waals surface area contributed by atoms with Gasteiger partial charge in [-0.3, -0.25) is 4.79 Å². The van der Waals surface area contributed by atoms with Gasteiger partial charge in [-0.15, -0.1) is 0 Å². The van der Waals surface area contributed by atoms with Gasteiger partial charge in [0.1, 0.15) is 5.82 Å². The van der Waals surface area contributed by atoms with Gasteiger partial charge < -0.3 is 10.0 Å². The summed E-state index contributed by atoms with van der Waals surface area (Å²) in [4.78, 5) is 12.2. The number of hydrogen-bond donors (Lipinski definition) is 1. The molecule has 1 fully saturated rings. The van der Waals surface area contributed by atoms with Crippen LogP contribution in [0.5, 0.6) is 0 Å². The molecule has 4 heteroatoms. The Balaban J connectivity index is 2.04. The number of amides is 1. The third kappa shape index (κ3) is 2.82. The molecule has 3 nitrogen and oxygen atoms in total. The quantitative estimate of drug-likeness (QED) is 0.806. The van der Waals surface area contributed by atoms with Crippen LogP contribution in [0.3, 0.4) is 0 Å². The van der Waals surface area contributed by atoms with Crippen molar-refractivity contribution in [3.63, 3.8) is 0 Å². The van der Waals surface area contributed by atoms with Crippen LogP contribution in [0.4, 0.5) is 4.39 Å². The number of hydrogen-bond acceptors (Lipinski definition) is 2. The number of halogens is 1. The largest absolute Gasteiger partial charge is 0.389 e. The molecule has 0 aromatic heterocycles. The minimum absolute atomic E-state index is 0.279. The molecule has 1 saturated heterocycles. The zero-order valence-electron chi connectivity index (χ0n) is 9.60. The fourth-order valence-corrected chi connectivity index (χ4v) is 2.22. The molecule has 1 heterocycles. The molecule has 0 radical (unpaired) electrons. The second-order valence-corrected chi connectivity index (χ2v) is 4.63. The monoisotopic (exact) mass is 237 g/mol. The molecule has 0 atom stereocenters. The van der Waals surface area contributed by atoms with E-state index in [0.29, 0.717) is 37.9 Å². The number of piperidine rings is 1. The average molecular weight is 237 g/mol. The molecule has 1 aromatic rings. The molecule has 1 aliphatic rings. The molecule has 2 rings (SSSR count). The molecule has 1 N–H and O–H groups in total. The summed E-state index contributed by atoms with van der Waals surface area (Å²) in [5, 5.41) is 10.4. The normalized spacial score (nSPS) is 19.1. The fourth-order valence-electron chi connectivity index (χ4n) is 2.22. The van der Waals surface area contributed by atoms with Crippen molar-refractivity contribution in [3.05, 3.63) is 35.6 Å². The zero-order chi connectivity index (χ0) is 12.3. The van der Waals surface area contributed by atoms with Crippen LogP contribution >= 0.6 is 0 Å². The Bertz CT molecular complexity index is 400. The number of benzene rings is 1. The molecule has 0 unspecified atom stereocenters. The second kappa shape index (κ2) is 4.84. The minimum atomic E-state index is -0.887. The predicted octanol–water partition coefficient (Wildman–Crippen LogP) is 1.35. The van der Waals surface area contributed by atoms with Crippen molar-refractivity contribution in [1.29, 1.82) is 0 Å². The summed E-state index contributed by atoms with van der Waals surface area (Å²) in [5.41, 5.74) is -0.351. The van der Waals surface area contributed by atoms with E-state index in [1.807, 2.05) is 0 Å². The highest BCUT2D eigenvalue weighted by Crippen LogP contribution is 2.26. The number of aliphatic hydroxyl groups is 1. The Morgan fingerprint density at radius 3 is 2.59 bits per heavy atom. The summed E-state index contributed by atoms with van der Waals surface area (Å²) < 4.78 is 13.5. The molecule has 0 saturated carbocycles. The van der Waals surface area contributed by atoms with E-state index < -0.39 is 5.60 Å². The van der Waals surface area contributed by atoms with E-state index in [9.17, 15) is 14.3 Å². The van der Waals surface area contributed by atoms with Crippen LogP contribution < -0.4 is 0 Å². The summed E-state index contributed by atoms with van der Waals surface area (Å²) in [6, 6.07) is 6.50. The van der Waals surface area contributed by atoms with E-state index in [1.165, 1.54) is 6.07 Å². The average Bonchev–Trinajstić information content (AvgIpc) is 2.33. The molecule has 1 amide bonds. The molecule has 17 heavy (non-hydrogen) atoms. The van der Waals surface area contributed by atoms with Crippen molar-refractivity contribution >= 4 is 6.41 Å². The SMILES string of the molecule is O=CN1CCC(O)(Cc2ccccc2F)CC1.